The van der Waals surface area contributed by atoms with Gasteiger partial charge >= 0.3 is 0 Å². The lowest BCUT2D eigenvalue weighted by Crippen LogP contribution is -2.01. The largest absolute Gasteiger partial charge is 0.456 e. The van der Waals surface area contributed by atoms with Gasteiger partial charge in [-0.3, -0.25) is 0 Å². The Balaban J connectivity index is 0.000000110. The molecule has 20 aromatic carbocycles. The van der Waals surface area contributed by atoms with Crippen LogP contribution in [-0.2, 0) is 0 Å². The van der Waals surface area contributed by atoms with Gasteiger partial charge in [-0.2, -0.15) is 0 Å². The fraction of sp³-hybridized carbons (Fsp3) is 0. The number of benzene rings is 20. The minimum atomic E-state index is 0.603. The number of hydrogen-bond acceptors (Lipinski definition) is 12. The number of rotatable bonds is 13. The lowest BCUT2D eigenvalue weighted by Gasteiger charge is -2.12. The van der Waals surface area contributed by atoms with Crippen LogP contribution < -0.4 is 0 Å². The molecule has 0 radical (unpaired) electrons. The van der Waals surface area contributed by atoms with E-state index in [9.17, 15) is 0 Å². The standard InChI is InChI=1S/C43H27N3O.C41H25N3O.C37H23N3O/c1-3-10-28(11-4-1)30-18-22-32(23-19-30)41-44-42(33-24-20-31(21-25-33)29-12-5-2-6-13-29)46-43(45-41)36-16-9-17-38-40(36)37-26-34-14-7-8-15-35(34)27-39(37)47-38;1-2-10-26(11-3-1)27-20-22-29(23-21-27)39-42-40(33-17-8-15-28-12-6-7-16-32(28)33)44-41(43-39)34-18-9-19-36-38(34)35-24-30-13-4-5-14-31(30)25-37(35)45-36;1-3-12-24(13-4-1)28-18-9-10-19-29(28)36-38-35(25-14-5-2-6-15-25)39-37(40-36)30-20-11-21-32-34(30)31-22-26-16-7-8-17-27(26)23-33(31)41-32/h1-27H;1-25H;1-23H. The van der Waals surface area contributed by atoms with Gasteiger partial charge in [-0.25, -0.2) is 44.9 Å². The number of hydrogen-bond donors (Lipinski definition) is 0. The van der Waals surface area contributed by atoms with Gasteiger partial charge in [0.25, 0.3) is 0 Å². The van der Waals surface area contributed by atoms with Crippen LogP contribution in [0.3, 0.4) is 0 Å². The predicted molar refractivity (Wildman–Crippen MR) is 542 cm³/mol. The lowest BCUT2D eigenvalue weighted by molar-refractivity contribution is 0.669. The van der Waals surface area contributed by atoms with Crippen LogP contribution in [0.5, 0.6) is 0 Å². The van der Waals surface area contributed by atoms with Crippen molar-refractivity contribution in [3.63, 3.8) is 0 Å². The van der Waals surface area contributed by atoms with Gasteiger partial charge < -0.3 is 13.3 Å². The number of fused-ring (bicyclic) bond motifs is 13. The van der Waals surface area contributed by atoms with Crippen LogP contribution in [-0.4, -0.2) is 44.9 Å². The van der Waals surface area contributed by atoms with Gasteiger partial charge in [0.05, 0.1) is 0 Å². The number of aromatic nitrogens is 9. The summed E-state index contributed by atoms with van der Waals surface area (Å²) in [6.45, 7) is 0. The molecule has 133 heavy (non-hydrogen) atoms. The fourth-order valence-corrected chi connectivity index (χ4v) is 18.2. The molecule has 0 N–H and O–H groups in total. The lowest BCUT2D eigenvalue weighted by atomic mass is 9.99. The fourth-order valence-electron chi connectivity index (χ4n) is 18.2. The molecule has 0 fully saturated rings. The van der Waals surface area contributed by atoms with Crippen LogP contribution in [0.1, 0.15) is 0 Å². The second-order valence-electron chi connectivity index (χ2n) is 33.0. The molecule has 0 aliphatic heterocycles. The summed E-state index contributed by atoms with van der Waals surface area (Å²) >= 11 is 0. The minimum Gasteiger partial charge on any atom is -0.456 e. The van der Waals surface area contributed by atoms with Gasteiger partial charge in [-0.05, 0) is 142 Å². The van der Waals surface area contributed by atoms with E-state index in [-0.39, 0.29) is 0 Å². The second kappa shape index (κ2) is 33.9. The van der Waals surface area contributed by atoms with Gasteiger partial charge in [0.2, 0.25) is 0 Å². The smallest absolute Gasteiger partial charge is 0.164 e. The quantitative estimate of drug-likeness (QED) is 0.108. The molecule has 0 amide bonds. The maximum Gasteiger partial charge on any atom is 0.164 e. The summed E-state index contributed by atoms with van der Waals surface area (Å²) in [6.07, 6.45) is 0. The first kappa shape index (κ1) is 78.4. The van der Waals surface area contributed by atoms with Crippen molar-refractivity contribution in [2.45, 2.75) is 0 Å². The molecule has 12 nitrogen and oxygen atoms in total. The highest BCUT2D eigenvalue weighted by atomic mass is 16.3. The van der Waals surface area contributed by atoms with E-state index in [0.29, 0.717) is 52.4 Å². The van der Waals surface area contributed by atoms with E-state index in [4.69, 9.17) is 58.1 Å². The maximum absolute atomic E-state index is 6.39. The third kappa shape index (κ3) is 15.1. The Morgan fingerprint density at radius 3 is 0.699 bits per heavy atom. The zero-order valence-electron chi connectivity index (χ0n) is 71.6. The Hall–Kier alpha value is -18.1. The molecule has 0 aliphatic carbocycles. The highest BCUT2D eigenvalue weighted by molar-refractivity contribution is 6.18. The molecule has 0 aliphatic rings. The monoisotopic (exact) mass is 1700 g/mol. The van der Waals surface area contributed by atoms with Crippen molar-refractivity contribution >= 4 is 109 Å². The van der Waals surface area contributed by atoms with Gasteiger partial charge in [0.15, 0.2) is 52.4 Å². The van der Waals surface area contributed by atoms with Gasteiger partial charge in [0.1, 0.15) is 33.5 Å². The van der Waals surface area contributed by atoms with Crippen molar-refractivity contribution in [3.8, 4) is 147 Å². The first-order valence-corrected chi connectivity index (χ1v) is 44.3. The Morgan fingerprint density at radius 1 is 0.120 bits per heavy atom. The van der Waals surface area contributed by atoms with Crippen LogP contribution in [0.15, 0.2) is 468 Å². The number of nitrogens with zero attached hydrogens (tertiary/aromatic N) is 9. The van der Waals surface area contributed by atoms with Crippen molar-refractivity contribution in [1.82, 2.24) is 44.9 Å². The molecule has 0 saturated heterocycles. The summed E-state index contributed by atoms with van der Waals surface area (Å²) in [5.74, 6) is 5.57. The molecular formula is C121H75N9O3. The molecule has 6 aromatic heterocycles. The average Bonchev–Trinajstić information content (AvgIpc) is 1.57. The predicted octanol–water partition coefficient (Wildman–Crippen LogP) is 31.6. The minimum absolute atomic E-state index is 0.603. The maximum atomic E-state index is 6.39. The Morgan fingerprint density at radius 2 is 0.338 bits per heavy atom. The van der Waals surface area contributed by atoms with Crippen LogP contribution in [0.2, 0.25) is 0 Å². The summed E-state index contributed by atoms with van der Waals surface area (Å²) in [6, 6.07) is 156. The second-order valence-corrected chi connectivity index (χ2v) is 33.0. The Kier molecular flexibility index (Phi) is 20.0. The summed E-state index contributed by atoms with van der Waals surface area (Å²) in [5, 5.41) is 15.3. The molecule has 622 valence electrons. The van der Waals surface area contributed by atoms with Crippen LogP contribution >= 0.6 is 0 Å². The van der Waals surface area contributed by atoms with Crippen LogP contribution in [0.25, 0.3) is 256 Å². The molecule has 0 atom stereocenters. The van der Waals surface area contributed by atoms with Gasteiger partial charge in [-0.15, -0.1) is 0 Å². The highest BCUT2D eigenvalue weighted by Gasteiger charge is 2.25. The molecule has 26 aromatic rings. The summed E-state index contributed by atoms with van der Waals surface area (Å²) in [7, 11) is 0. The van der Waals surface area contributed by atoms with Crippen molar-refractivity contribution in [2.75, 3.05) is 0 Å². The molecule has 26 rings (SSSR count). The van der Waals surface area contributed by atoms with Crippen molar-refractivity contribution < 1.29 is 13.3 Å². The summed E-state index contributed by atoms with van der Waals surface area (Å²) < 4.78 is 19.1. The molecule has 6 heterocycles. The first-order chi connectivity index (χ1) is 65.9. The molecule has 0 unspecified atom stereocenters. The highest BCUT2D eigenvalue weighted by Crippen LogP contribution is 2.45. The Labute approximate surface area is 763 Å². The van der Waals surface area contributed by atoms with Crippen LogP contribution in [0, 0.1) is 0 Å². The van der Waals surface area contributed by atoms with Crippen molar-refractivity contribution in [1.29, 1.82) is 0 Å². The van der Waals surface area contributed by atoms with Gasteiger partial charge in [-0.1, -0.05) is 400 Å². The average molecular weight is 1700 g/mol. The molecule has 0 spiro atoms. The zero-order chi connectivity index (χ0) is 88.1. The Bertz CT molecular complexity index is 8810. The van der Waals surface area contributed by atoms with E-state index in [1.807, 2.05) is 103 Å². The number of furan rings is 3. The normalized spacial score (nSPS) is 11.5. The molecule has 0 saturated carbocycles. The van der Waals surface area contributed by atoms with Crippen molar-refractivity contribution in [3.05, 3.63) is 455 Å². The zero-order valence-corrected chi connectivity index (χ0v) is 71.6. The van der Waals surface area contributed by atoms with Crippen molar-refractivity contribution in [2.24, 2.45) is 0 Å². The van der Waals surface area contributed by atoms with Gasteiger partial charge in [0, 0.05) is 82.4 Å². The molecular weight excluding hydrogens is 1630 g/mol. The first-order valence-electron chi connectivity index (χ1n) is 44.3. The third-order valence-corrected chi connectivity index (χ3v) is 24.8. The summed E-state index contributed by atoms with van der Waals surface area (Å²) in [5.41, 5.74) is 22.4. The SMILES string of the molecule is c1ccc(-c2ccc(-c3nc(-c4ccc(-c5ccccc5)cc4)nc(-c4cccc5oc6cc7ccccc7cc6c45)n3)cc2)cc1.c1ccc(-c2ccc(-c3nc(-c4cccc5ccccc45)nc(-c4cccc5oc6cc7ccccc7cc6c45)n3)cc2)cc1.c1ccc(-c2nc(-c3ccccc3-c3ccccc3)nc(-c3cccc4oc5cc6ccccc6cc5c34)n2)cc1. The van der Waals surface area contributed by atoms with E-state index in [2.05, 4.69) is 352 Å². The molecule has 0 bridgehead atoms. The van der Waals surface area contributed by atoms with Crippen LogP contribution in [0.4, 0.5) is 0 Å². The topological polar surface area (TPSA) is 155 Å². The van der Waals surface area contributed by atoms with E-state index >= 15 is 0 Å². The van der Waals surface area contributed by atoms with E-state index < -0.39 is 0 Å². The summed E-state index contributed by atoms with van der Waals surface area (Å²) in [4.78, 5) is 45.7. The van der Waals surface area contributed by atoms with E-state index in [1.165, 1.54) is 16.7 Å². The van der Waals surface area contributed by atoms with E-state index in [0.717, 1.165) is 187 Å². The third-order valence-electron chi connectivity index (χ3n) is 24.8. The molecule has 12 heteroatoms. The van der Waals surface area contributed by atoms with E-state index in [1.54, 1.807) is 0 Å².